The number of aromatic amines is 2. The summed E-state index contributed by atoms with van der Waals surface area (Å²) in [5.74, 6) is 0.141. The van der Waals surface area contributed by atoms with E-state index in [2.05, 4.69) is 51.2 Å². The summed E-state index contributed by atoms with van der Waals surface area (Å²) >= 11 is 0. The minimum atomic E-state index is -0.419. The number of carbonyl (C=O) groups is 2. The Morgan fingerprint density at radius 2 is 1.21 bits per heavy atom. The number of amides is 4. The van der Waals surface area contributed by atoms with Gasteiger partial charge in [0.05, 0.1) is 12.7 Å². The number of nitrogens with one attached hydrogen (secondary N) is 6. The number of aromatic nitrogens is 4. The smallest absolute Gasteiger partial charge is 0.321 e. The van der Waals surface area contributed by atoms with Gasteiger partial charge < -0.3 is 32.1 Å². The molecule has 14 heteroatoms. The fourth-order valence-electron chi connectivity index (χ4n) is 2.83. The molecule has 186 valence electrons. The monoisotopic (exact) mass is 474 g/mol. The molecule has 14 nitrogen and oxygen atoms in total. The van der Waals surface area contributed by atoms with Gasteiger partial charge in [-0.3, -0.25) is 20.6 Å². The molecular formula is C20H34N12O2. The lowest BCUT2D eigenvalue weighted by atomic mass is 10.2. The molecule has 10 N–H and O–H groups in total. The fourth-order valence-corrected chi connectivity index (χ4v) is 2.83. The SMILES string of the molecule is NC(=NCCCc1cnc[nH]1)NC(=O)NCCCCNC(=O)NC(N)=NCCCc1cnc[nH]1. The first-order chi connectivity index (χ1) is 16.5. The summed E-state index contributed by atoms with van der Waals surface area (Å²) < 4.78 is 0. The van der Waals surface area contributed by atoms with Crippen LogP contribution in [0.15, 0.2) is 35.0 Å². The molecule has 0 spiro atoms. The van der Waals surface area contributed by atoms with Crippen LogP contribution in [0.25, 0.3) is 0 Å². The molecule has 0 aromatic carbocycles. The van der Waals surface area contributed by atoms with Crippen molar-refractivity contribution in [1.29, 1.82) is 0 Å². The Morgan fingerprint density at radius 3 is 1.59 bits per heavy atom. The summed E-state index contributed by atoms with van der Waals surface area (Å²) in [5.41, 5.74) is 13.5. The largest absolute Gasteiger partial charge is 0.370 e. The van der Waals surface area contributed by atoms with Gasteiger partial charge in [-0.25, -0.2) is 19.6 Å². The summed E-state index contributed by atoms with van der Waals surface area (Å²) in [4.78, 5) is 45.7. The van der Waals surface area contributed by atoms with Gasteiger partial charge in [-0.15, -0.1) is 0 Å². The van der Waals surface area contributed by atoms with E-state index in [1.807, 2.05) is 0 Å². The normalized spacial score (nSPS) is 11.8. The van der Waals surface area contributed by atoms with E-state index in [0.717, 1.165) is 37.1 Å². The number of aliphatic imine (C=N–C) groups is 2. The lowest BCUT2D eigenvalue weighted by Gasteiger charge is -2.08. The number of imidazole rings is 2. The number of nitrogens with two attached hydrogens (primary N) is 2. The zero-order valence-corrected chi connectivity index (χ0v) is 19.1. The van der Waals surface area contributed by atoms with E-state index < -0.39 is 12.1 Å². The molecule has 2 aromatic heterocycles. The zero-order chi connectivity index (χ0) is 24.4. The molecule has 0 unspecified atom stereocenters. The van der Waals surface area contributed by atoms with Gasteiger partial charge in [0.1, 0.15) is 0 Å². The number of urea groups is 2. The van der Waals surface area contributed by atoms with E-state index in [1.165, 1.54) is 0 Å². The Hall–Kier alpha value is -4.10. The zero-order valence-electron chi connectivity index (χ0n) is 19.1. The van der Waals surface area contributed by atoms with Crippen molar-refractivity contribution in [2.75, 3.05) is 26.2 Å². The minimum absolute atomic E-state index is 0.0704. The van der Waals surface area contributed by atoms with Crippen LogP contribution in [0, 0.1) is 0 Å². The van der Waals surface area contributed by atoms with Crippen molar-refractivity contribution < 1.29 is 9.59 Å². The maximum atomic E-state index is 11.8. The third-order valence-electron chi connectivity index (χ3n) is 4.54. The van der Waals surface area contributed by atoms with Gasteiger partial charge >= 0.3 is 12.1 Å². The number of hydrogen-bond acceptors (Lipinski definition) is 6. The van der Waals surface area contributed by atoms with Gasteiger partial charge in [-0.1, -0.05) is 0 Å². The molecule has 0 bridgehead atoms. The molecule has 34 heavy (non-hydrogen) atoms. The van der Waals surface area contributed by atoms with Crippen LogP contribution in [-0.2, 0) is 12.8 Å². The molecule has 2 heterocycles. The highest BCUT2D eigenvalue weighted by Gasteiger charge is 2.04. The van der Waals surface area contributed by atoms with Crippen LogP contribution in [0.4, 0.5) is 9.59 Å². The Kier molecular flexibility index (Phi) is 12.0. The highest BCUT2D eigenvalue weighted by atomic mass is 16.2. The molecule has 4 amide bonds. The molecule has 0 saturated carbocycles. The first-order valence-corrected chi connectivity index (χ1v) is 11.2. The van der Waals surface area contributed by atoms with E-state index in [-0.39, 0.29) is 11.9 Å². The van der Waals surface area contributed by atoms with Gasteiger partial charge in [-0.2, -0.15) is 0 Å². The van der Waals surface area contributed by atoms with Crippen molar-refractivity contribution in [3.05, 3.63) is 36.4 Å². The maximum Gasteiger partial charge on any atom is 0.321 e. The van der Waals surface area contributed by atoms with Crippen LogP contribution < -0.4 is 32.7 Å². The van der Waals surface area contributed by atoms with Crippen molar-refractivity contribution in [1.82, 2.24) is 41.2 Å². The standard InChI is InChI=1S/C20H34N12O2/c21-17(25-9-3-5-15-11-23-13-29-15)31-19(33)27-7-1-2-8-28-20(34)32-18(22)26-10-4-6-16-12-24-14-30-16/h11-14H,1-10H2,(H,23,29)(H,24,30)(H4,21,25,27,31,33)(H4,22,26,28,32,34). The van der Waals surface area contributed by atoms with Gasteiger partial charge in [0.15, 0.2) is 11.9 Å². The second-order valence-corrected chi connectivity index (χ2v) is 7.36. The topological polar surface area (TPSA) is 216 Å². The molecule has 0 aliphatic carbocycles. The average Bonchev–Trinajstić information content (AvgIpc) is 3.51. The molecule has 0 fully saturated rings. The predicted molar refractivity (Wildman–Crippen MR) is 129 cm³/mol. The number of carbonyl (C=O) groups excluding carboxylic acids is 2. The third-order valence-corrected chi connectivity index (χ3v) is 4.54. The summed E-state index contributed by atoms with van der Waals surface area (Å²) in [7, 11) is 0. The number of unbranched alkanes of at least 4 members (excludes halogenated alkanes) is 1. The third kappa shape index (κ3) is 12.1. The Bertz CT molecular complexity index is 819. The van der Waals surface area contributed by atoms with Crippen molar-refractivity contribution in [2.24, 2.45) is 21.5 Å². The molecule has 0 aliphatic rings. The second-order valence-electron chi connectivity index (χ2n) is 7.36. The molecule has 2 rings (SSSR count). The summed E-state index contributed by atoms with van der Waals surface area (Å²) in [5, 5.41) is 10.3. The Morgan fingerprint density at radius 1 is 0.765 bits per heavy atom. The highest BCUT2D eigenvalue weighted by molar-refractivity contribution is 5.95. The van der Waals surface area contributed by atoms with Gasteiger partial charge in [0.2, 0.25) is 0 Å². The van der Waals surface area contributed by atoms with Crippen molar-refractivity contribution in [2.45, 2.75) is 38.5 Å². The van der Waals surface area contributed by atoms with Crippen molar-refractivity contribution in [3.63, 3.8) is 0 Å². The van der Waals surface area contributed by atoms with Gasteiger partial charge in [-0.05, 0) is 38.5 Å². The van der Waals surface area contributed by atoms with Crippen LogP contribution >= 0.6 is 0 Å². The summed E-state index contributed by atoms with van der Waals surface area (Å²) in [6.07, 6.45) is 11.3. The molecule has 0 radical (unpaired) electrons. The number of nitrogens with zero attached hydrogens (tertiary/aromatic N) is 4. The van der Waals surface area contributed by atoms with E-state index in [4.69, 9.17) is 11.5 Å². The minimum Gasteiger partial charge on any atom is -0.370 e. The van der Waals surface area contributed by atoms with Crippen molar-refractivity contribution in [3.8, 4) is 0 Å². The van der Waals surface area contributed by atoms with Gasteiger partial charge in [0.25, 0.3) is 0 Å². The molecular weight excluding hydrogens is 440 g/mol. The van der Waals surface area contributed by atoms with Gasteiger partial charge in [0, 0.05) is 50.0 Å². The Labute approximate surface area is 197 Å². The summed E-state index contributed by atoms with van der Waals surface area (Å²) in [6.45, 7) is 1.86. The number of guanidine groups is 2. The van der Waals surface area contributed by atoms with E-state index >= 15 is 0 Å². The highest BCUT2D eigenvalue weighted by Crippen LogP contribution is 1.97. The molecule has 2 aromatic rings. The lowest BCUT2D eigenvalue weighted by Crippen LogP contribution is -2.44. The molecule has 0 aliphatic heterocycles. The first-order valence-electron chi connectivity index (χ1n) is 11.2. The first kappa shape index (κ1) is 26.2. The van der Waals surface area contributed by atoms with Crippen LogP contribution in [0.2, 0.25) is 0 Å². The predicted octanol–water partition coefficient (Wildman–Crippen LogP) is -0.294. The average molecular weight is 475 g/mol. The number of rotatable bonds is 13. The van der Waals surface area contributed by atoms with Crippen LogP contribution in [0.3, 0.4) is 0 Å². The summed E-state index contributed by atoms with van der Waals surface area (Å²) in [6, 6.07) is -0.839. The quantitative estimate of drug-likeness (QED) is 0.111. The molecule has 0 saturated heterocycles. The lowest BCUT2D eigenvalue weighted by molar-refractivity contribution is 0.243. The number of H-pyrrole nitrogens is 2. The van der Waals surface area contributed by atoms with E-state index in [0.29, 0.717) is 39.0 Å². The second kappa shape index (κ2) is 15.7. The van der Waals surface area contributed by atoms with Crippen molar-refractivity contribution >= 4 is 24.0 Å². The maximum absolute atomic E-state index is 11.8. The van der Waals surface area contributed by atoms with Crippen LogP contribution in [0.1, 0.15) is 37.1 Å². The van der Waals surface area contributed by atoms with Crippen LogP contribution in [0.5, 0.6) is 0 Å². The number of aryl methyl sites for hydroxylation is 2. The fraction of sp³-hybridized carbons (Fsp3) is 0.500. The Balaban J connectivity index is 1.43. The van der Waals surface area contributed by atoms with E-state index in [9.17, 15) is 9.59 Å². The molecule has 0 atom stereocenters. The van der Waals surface area contributed by atoms with E-state index in [1.54, 1.807) is 25.0 Å². The number of hydrogen-bond donors (Lipinski definition) is 8. The van der Waals surface area contributed by atoms with Crippen LogP contribution in [-0.4, -0.2) is 70.1 Å².